The molecule has 2 aliphatic rings. The van der Waals surface area contributed by atoms with Gasteiger partial charge >= 0.3 is 11.9 Å². The van der Waals surface area contributed by atoms with Crippen molar-refractivity contribution < 1.29 is 40.4 Å². The van der Waals surface area contributed by atoms with E-state index < -0.39 is 11.9 Å². The molecule has 0 radical (unpaired) electrons. The molecular weight excluding hydrogens is 935 g/mol. The van der Waals surface area contributed by atoms with Gasteiger partial charge in [-0.2, -0.15) is 4.57 Å². The van der Waals surface area contributed by atoms with Crippen LogP contribution in [0, 0.1) is 5.82 Å². The van der Waals surface area contributed by atoms with Crippen LogP contribution in [0.25, 0.3) is 22.2 Å². The fourth-order valence-corrected chi connectivity index (χ4v) is 12.3. The minimum absolute atomic E-state index is 0. The average molecular weight is 974 g/mol. The van der Waals surface area contributed by atoms with E-state index in [1.54, 1.807) is 53.5 Å². The molecule has 0 fully saturated rings. The van der Waals surface area contributed by atoms with E-state index in [1.807, 2.05) is 84.2 Å². The highest BCUT2D eigenvalue weighted by Gasteiger charge is 2.27. The van der Waals surface area contributed by atoms with Gasteiger partial charge in [-0.25, -0.2) is 4.39 Å². The van der Waals surface area contributed by atoms with Crippen molar-refractivity contribution in [3.8, 4) is 0 Å². The summed E-state index contributed by atoms with van der Waals surface area (Å²) in [5.41, 5.74) is 3.35. The Balaban J connectivity index is 0.000000191. The number of rotatable bonds is 8. The van der Waals surface area contributed by atoms with Crippen molar-refractivity contribution in [2.24, 2.45) is 0 Å². The molecule has 3 aromatic carbocycles. The number of pyridine rings is 1. The van der Waals surface area contributed by atoms with Crippen LogP contribution in [0.5, 0.6) is 0 Å². The first-order valence-electron chi connectivity index (χ1n) is 19.2. The number of hydrogen-bond acceptors (Lipinski definition) is 14. The zero-order chi connectivity index (χ0) is 44.2. The topological polar surface area (TPSA) is 120 Å². The maximum absolute atomic E-state index is 13.7. The lowest BCUT2D eigenvalue weighted by atomic mass is 10.2. The summed E-state index contributed by atoms with van der Waals surface area (Å²) < 4.78 is 30.8. The summed E-state index contributed by atoms with van der Waals surface area (Å²) in [6.07, 6.45) is 9.16. The molecule has 0 unspecified atom stereocenters. The molecule has 0 aliphatic carbocycles. The number of ether oxygens (including phenoxy) is 2. The number of methoxy groups -OCH3 is 2. The van der Waals surface area contributed by atoms with Crippen LogP contribution in [0.15, 0.2) is 128 Å². The van der Waals surface area contributed by atoms with Gasteiger partial charge in [0.25, 0.3) is 16.1 Å². The minimum Gasteiger partial charge on any atom is -1.00 e. The number of halogens is 2. The second-order valence-corrected chi connectivity index (χ2v) is 19.0. The first-order chi connectivity index (χ1) is 30.5. The highest BCUT2D eigenvalue weighted by molar-refractivity contribution is 8.09. The third-order valence-corrected chi connectivity index (χ3v) is 15.7. The fraction of sp³-hybridized carbons (Fsp3) is 0.156. The lowest BCUT2D eigenvalue weighted by molar-refractivity contribution is -0.685. The summed E-state index contributed by atoms with van der Waals surface area (Å²) in [5.74, 6) is -1.30. The van der Waals surface area contributed by atoms with Crippen LogP contribution in [0.2, 0.25) is 0 Å². The summed E-state index contributed by atoms with van der Waals surface area (Å²) in [6.45, 7) is 0.406. The molecule has 64 heavy (non-hydrogen) atoms. The van der Waals surface area contributed by atoms with Gasteiger partial charge in [0, 0.05) is 41.8 Å². The van der Waals surface area contributed by atoms with Crippen molar-refractivity contribution in [3.63, 3.8) is 0 Å². The van der Waals surface area contributed by atoms with Gasteiger partial charge in [0.05, 0.1) is 41.7 Å². The monoisotopic (exact) mass is 972 g/mol. The molecule has 2 aliphatic heterocycles. The number of para-hydroxylation sites is 1. The molecule has 0 spiro atoms. The molecule has 0 N–H and O–H groups in total. The first-order valence-corrected chi connectivity index (χ1v) is 23.3. The number of nitrogens with zero attached hydrogens (tertiary/aromatic N) is 6. The van der Waals surface area contributed by atoms with E-state index in [0.29, 0.717) is 29.1 Å². The predicted molar refractivity (Wildman–Crippen MR) is 249 cm³/mol. The van der Waals surface area contributed by atoms with E-state index in [0.717, 1.165) is 37.6 Å². The Morgan fingerprint density at radius 3 is 1.91 bits per heavy atom. The Morgan fingerprint density at radius 1 is 0.734 bits per heavy atom. The largest absolute Gasteiger partial charge is 1.00 e. The average Bonchev–Trinajstić information content (AvgIpc) is 4.10. The van der Waals surface area contributed by atoms with Crippen molar-refractivity contribution >= 4 is 103 Å². The van der Waals surface area contributed by atoms with Crippen molar-refractivity contribution in [2.45, 2.75) is 29.4 Å². The van der Waals surface area contributed by atoms with E-state index in [9.17, 15) is 23.6 Å². The van der Waals surface area contributed by atoms with Gasteiger partial charge in [-0.3, -0.25) is 33.3 Å². The van der Waals surface area contributed by atoms with Crippen molar-refractivity contribution in [2.75, 3.05) is 38.1 Å². The molecular formula is C45H38ClFN6O6S5. The van der Waals surface area contributed by atoms with Crippen molar-refractivity contribution in [3.05, 3.63) is 170 Å². The molecule has 12 nitrogen and oxygen atoms in total. The summed E-state index contributed by atoms with van der Waals surface area (Å²) in [5, 5.41) is 4.60. The number of aromatic nitrogens is 4. The standard InChI is InChI=1S/C25H22N3O3S3.C20H16FN3O3S2.ClH/c1-26-18-10-6-7-11-19(18)33-25(26)23-24(30)28(16-22(29)31-2)21(34-23)14-20-27(12-13-32-20)15-17-8-4-3-5-9-17;1-23-14-10-13(21)3-4-15(14)28-20(23)18-19(26)24(11-17(25)27-2)16(29-18)9-12-5-7-22-8-6-12;/h3-14H,15-16H2,1-2H3;3-10H,11H2,1-2H3;1H/q+1;;/p-1/b25-23+;16-9-,20-18+;. The fourth-order valence-electron chi connectivity index (χ4n) is 6.69. The van der Waals surface area contributed by atoms with Crippen molar-refractivity contribution in [1.29, 1.82) is 0 Å². The third-order valence-electron chi connectivity index (χ3n) is 9.93. The Labute approximate surface area is 392 Å². The first kappa shape index (κ1) is 46.2. The van der Waals surface area contributed by atoms with Crippen molar-refractivity contribution in [1.82, 2.24) is 14.1 Å². The van der Waals surface area contributed by atoms with Crippen LogP contribution in [0.3, 0.4) is 0 Å². The maximum Gasteiger partial charge on any atom is 0.325 e. The van der Waals surface area contributed by atoms with E-state index in [4.69, 9.17) is 9.47 Å². The summed E-state index contributed by atoms with van der Waals surface area (Å²) in [6, 6.07) is 26.5. The molecule has 4 aromatic heterocycles. The van der Waals surface area contributed by atoms with Gasteiger partial charge in [-0.15, -0.1) is 22.7 Å². The number of carbonyl (C=O) groups is 2. The molecule has 328 valence electrons. The molecule has 19 heteroatoms. The van der Waals surface area contributed by atoms with Gasteiger partial charge in [0.15, 0.2) is 12.7 Å². The van der Waals surface area contributed by atoms with Crippen LogP contribution in [0.1, 0.15) is 16.1 Å². The zero-order valence-corrected chi connectivity index (χ0v) is 39.4. The Bertz CT molecular complexity index is 3240. The molecule has 7 aromatic rings. The van der Waals surface area contributed by atoms with Crippen LogP contribution < -0.4 is 56.3 Å². The number of fused-ring (bicyclic) bond motifs is 2. The van der Waals surface area contributed by atoms with E-state index in [1.165, 1.54) is 75.5 Å². The van der Waals surface area contributed by atoms with Crippen LogP contribution in [-0.4, -0.2) is 54.4 Å². The molecule has 0 saturated heterocycles. The highest BCUT2D eigenvalue weighted by Crippen LogP contribution is 2.46. The number of anilines is 2. The van der Waals surface area contributed by atoms with E-state index in [-0.39, 0.29) is 42.4 Å². The number of thioether (sulfide) groups is 2. The molecule has 9 rings (SSSR count). The Morgan fingerprint density at radius 2 is 1.30 bits per heavy atom. The maximum atomic E-state index is 13.7. The van der Waals surface area contributed by atoms with Crippen LogP contribution in [0.4, 0.5) is 15.8 Å². The predicted octanol–water partition coefficient (Wildman–Crippen LogP) is 1.37. The SMILES string of the molecule is COC(=O)Cn1c(=O)/c(=C2\Sc3ccc(F)cc3N2C)s/c1=C\c1ccncc1.COC(=O)Cn1c(=O)/c(=C2\Sc3ccccc3N2C)s/c1=C\c1scc[n+]1Cc1ccccc1.[Cl-]. The third kappa shape index (κ3) is 9.81. The van der Waals surface area contributed by atoms with Gasteiger partial charge < -0.3 is 31.7 Å². The number of esters is 2. The Kier molecular flexibility index (Phi) is 14.7. The number of carbonyl (C=O) groups excluding carboxylic acids is 2. The van der Waals surface area contributed by atoms with E-state index in [2.05, 4.69) is 27.8 Å². The minimum atomic E-state index is -0.511. The number of hydrogen-bond donors (Lipinski definition) is 0. The summed E-state index contributed by atoms with van der Waals surface area (Å²) in [4.78, 5) is 60.5. The lowest BCUT2D eigenvalue weighted by Crippen LogP contribution is -3.00. The lowest BCUT2D eigenvalue weighted by Gasteiger charge is -2.12. The Hall–Kier alpha value is -5.76. The van der Waals surface area contributed by atoms with E-state index >= 15 is 0 Å². The second kappa shape index (κ2) is 20.4. The van der Waals surface area contributed by atoms with Gasteiger partial charge in [0.1, 0.15) is 42.7 Å². The normalized spacial score (nSPS) is 15.0. The van der Waals surface area contributed by atoms with Gasteiger partial charge in [-0.1, -0.05) is 77.3 Å². The quantitative estimate of drug-likeness (QED) is 0.163. The smallest absolute Gasteiger partial charge is 0.325 e. The molecule has 0 amide bonds. The summed E-state index contributed by atoms with van der Waals surface area (Å²) in [7, 11) is 6.38. The van der Waals surface area contributed by atoms with Crippen LogP contribution in [-0.2, 0) is 38.7 Å². The number of thiazole rings is 3. The van der Waals surface area contributed by atoms with Gasteiger partial charge in [-0.05, 0) is 54.1 Å². The second-order valence-electron chi connectivity index (χ2n) is 13.9. The summed E-state index contributed by atoms with van der Waals surface area (Å²) >= 11 is 7.27. The van der Waals surface area contributed by atoms with Crippen LogP contribution >= 0.6 is 57.5 Å². The number of benzene rings is 3. The molecule has 0 bridgehead atoms. The molecule has 6 heterocycles. The highest BCUT2D eigenvalue weighted by atomic mass is 35.5. The molecule has 0 atom stereocenters. The molecule has 0 saturated carbocycles. The van der Waals surface area contributed by atoms with Gasteiger partial charge in [0.2, 0.25) is 0 Å². The zero-order valence-electron chi connectivity index (χ0n) is 34.6.